The highest BCUT2D eigenvalue weighted by Crippen LogP contribution is 2.31. The van der Waals surface area contributed by atoms with E-state index < -0.39 is 0 Å². The van der Waals surface area contributed by atoms with E-state index in [0.717, 1.165) is 61.1 Å². The Hall–Kier alpha value is -4.62. The number of allylic oxidation sites excluding steroid dienone is 3. The van der Waals surface area contributed by atoms with E-state index in [2.05, 4.69) is 53.0 Å². The molecular weight excluding hydrogens is 498 g/mol. The molecule has 2 aliphatic rings. The second-order valence-electron chi connectivity index (χ2n) is 10.1. The van der Waals surface area contributed by atoms with Crippen molar-refractivity contribution in [1.29, 1.82) is 0 Å². The van der Waals surface area contributed by atoms with E-state index >= 15 is 0 Å². The molecule has 7 heteroatoms. The Labute approximate surface area is 235 Å². The van der Waals surface area contributed by atoms with E-state index in [-0.39, 0.29) is 11.5 Å². The number of aromatic nitrogens is 1. The Balaban J connectivity index is 1.21. The van der Waals surface area contributed by atoms with Gasteiger partial charge in [0, 0.05) is 68.0 Å². The maximum atomic E-state index is 13.2. The normalized spacial score (nSPS) is 16.2. The van der Waals surface area contributed by atoms with Crippen molar-refractivity contribution in [3.63, 3.8) is 0 Å². The summed E-state index contributed by atoms with van der Waals surface area (Å²) in [5.74, 6) is 0.0625. The molecule has 2 N–H and O–H groups in total. The number of benzene rings is 2. The minimum Gasteiger partial charge on any atom is -0.354 e. The van der Waals surface area contributed by atoms with Gasteiger partial charge in [0.15, 0.2) is 0 Å². The molecule has 40 heavy (non-hydrogen) atoms. The van der Waals surface area contributed by atoms with E-state index in [0.29, 0.717) is 5.56 Å². The lowest BCUT2D eigenvalue weighted by molar-refractivity contribution is 0.0628. The monoisotopic (exact) mass is 533 g/mol. The van der Waals surface area contributed by atoms with E-state index in [9.17, 15) is 9.59 Å². The number of carbonyl (C=O) groups is 1. The van der Waals surface area contributed by atoms with Crippen LogP contribution in [0.3, 0.4) is 0 Å². The predicted octanol–water partition coefficient (Wildman–Crippen LogP) is 5.34. The molecule has 3 aromatic rings. The summed E-state index contributed by atoms with van der Waals surface area (Å²) in [7, 11) is 0. The molecule has 0 bridgehead atoms. The van der Waals surface area contributed by atoms with Crippen LogP contribution in [0, 0.1) is 6.92 Å². The van der Waals surface area contributed by atoms with Crippen LogP contribution in [0.15, 0.2) is 114 Å². The van der Waals surface area contributed by atoms with Crippen molar-refractivity contribution in [1.82, 2.24) is 19.7 Å². The van der Waals surface area contributed by atoms with Gasteiger partial charge in [-0.1, -0.05) is 42.5 Å². The Bertz CT molecular complexity index is 1520. The van der Waals surface area contributed by atoms with Gasteiger partial charge in [-0.25, -0.2) is 0 Å². The van der Waals surface area contributed by atoms with E-state index in [1.165, 1.54) is 11.1 Å². The zero-order valence-corrected chi connectivity index (χ0v) is 23.1. The minimum atomic E-state index is -0.156. The molecule has 0 unspecified atom stereocenters. The summed E-state index contributed by atoms with van der Waals surface area (Å²) >= 11 is 0. The zero-order valence-electron chi connectivity index (χ0n) is 23.1. The number of rotatable bonds is 7. The summed E-state index contributed by atoms with van der Waals surface area (Å²) < 4.78 is 0. The van der Waals surface area contributed by atoms with Gasteiger partial charge in [-0.3, -0.25) is 14.5 Å². The van der Waals surface area contributed by atoms with E-state index in [1.54, 1.807) is 12.3 Å². The van der Waals surface area contributed by atoms with Crippen LogP contribution >= 0.6 is 0 Å². The topological polar surface area (TPSA) is 71.7 Å². The van der Waals surface area contributed by atoms with Crippen molar-refractivity contribution in [3.8, 4) is 0 Å². The van der Waals surface area contributed by atoms with Gasteiger partial charge in [-0.15, -0.1) is 0 Å². The number of hydrogen-bond donors (Lipinski definition) is 2. The molecule has 0 spiro atoms. The maximum Gasteiger partial charge on any atom is 0.253 e. The van der Waals surface area contributed by atoms with Crippen LogP contribution in [0.25, 0.3) is 5.70 Å². The summed E-state index contributed by atoms with van der Waals surface area (Å²) in [5.41, 5.74) is 7.20. The molecule has 204 valence electrons. The first-order valence-electron chi connectivity index (χ1n) is 13.6. The van der Waals surface area contributed by atoms with Crippen LogP contribution in [0.2, 0.25) is 0 Å². The summed E-state index contributed by atoms with van der Waals surface area (Å²) in [6, 6.07) is 19.7. The summed E-state index contributed by atoms with van der Waals surface area (Å²) in [5, 5.41) is 3.42. The summed E-state index contributed by atoms with van der Waals surface area (Å²) in [4.78, 5) is 34.0. The van der Waals surface area contributed by atoms with Crippen LogP contribution in [0.5, 0.6) is 0 Å². The SMILES string of the molecule is C=C1C(Nc2ccc(C(=O)N3CCN(Cc4ccc(C)cc4)CC3)cc2)=CC=C(c2cc[nH]c(=O)c2)N1/C=C\C. The highest BCUT2D eigenvalue weighted by Gasteiger charge is 2.23. The average Bonchev–Trinajstić information content (AvgIpc) is 2.97. The molecule has 2 aliphatic heterocycles. The van der Waals surface area contributed by atoms with Crippen molar-refractivity contribution in [2.75, 3.05) is 31.5 Å². The molecule has 0 aliphatic carbocycles. The van der Waals surface area contributed by atoms with Gasteiger partial charge in [0.1, 0.15) is 0 Å². The molecule has 1 fully saturated rings. The Morgan fingerprint density at radius 3 is 2.40 bits per heavy atom. The number of carbonyl (C=O) groups excluding carboxylic acids is 1. The first-order chi connectivity index (χ1) is 19.4. The average molecular weight is 534 g/mol. The second-order valence-corrected chi connectivity index (χ2v) is 10.1. The van der Waals surface area contributed by atoms with Crippen LogP contribution in [0.4, 0.5) is 5.69 Å². The largest absolute Gasteiger partial charge is 0.354 e. The number of nitrogens with one attached hydrogen (secondary N) is 2. The number of anilines is 1. The molecule has 1 amide bonds. The Morgan fingerprint density at radius 2 is 1.73 bits per heavy atom. The van der Waals surface area contributed by atoms with Gasteiger partial charge in [0.25, 0.3) is 5.91 Å². The molecule has 1 aromatic heterocycles. The molecule has 0 radical (unpaired) electrons. The molecule has 0 saturated carbocycles. The number of piperazine rings is 1. The lowest BCUT2D eigenvalue weighted by atomic mass is 10.1. The van der Waals surface area contributed by atoms with Gasteiger partial charge < -0.3 is 20.1 Å². The fraction of sp³-hybridized carbons (Fsp3) is 0.212. The molecule has 1 saturated heterocycles. The molecule has 7 nitrogen and oxygen atoms in total. The molecule has 5 rings (SSSR count). The number of aryl methyl sites for hydroxylation is 1. The minimum absolute atomic E-state index is 0.0625. The van der Waals surface area contributed by atoms with E-state index in [4.69, 9.17) is 0 Å². The van der Waals surface area contributed by atoms with Gasteiger partial charge in [-0.05, 0) is 61.9 Å². The number of nitrogens with zero attached hydrogens (tertiary/aromatic N) is 3. The fourth-order valence-electron chi connectivity index (χ4n) is 4.98. The highest BCUT2D eigenvalue weighted by molar-refractivity contribution is 5.94. The molecule has 3 heterocycles. The van der Waals surface area contributed by atoms with Crippen LogP contribution in [0.1, 0.15) is 34.0 Å². The zero-order chi connectivity index (χ0) is 28.1. The Morgan fingerprint density at radius 1 is 1.00 bits per heavy atom. The van der Waals surface area contributed by atoms with Crippen molar-refractivity contribution < 1.29 is 4.79 Å². The summed E-state index contributed by atoms with van der Waals surface area (Å²) in [6.07, 6.45) is 9.40. The number of aromatic amines is 1. The molecule has 0 atom stereocenters. The van der Waals surface area contributed by atoms with Crippen LogP contribution in [-0.2, 0) is 6.54 Å². The van der Waals surface area contributed by atoms with Crippen LogP contribution in [-0.4, -0.2) is 51.8 Å². The van der Waals surface area contributed by atoms with Crippen LogP contribution < -0.4 is 10.9 Å². The quantitative estimate of drug-likeness (QED) is 0.429. The number of hydrogen-bond acceptors (Lipinski definition) is 5. The predicted molar refractivity (Wildman–Crippen MR) is 161 cm³/mol. The highest BCUT2D eigenvalue weighted by atomic mass is 16.2. The summed E-state index contributed by atoms with van der Waals surface area (Å²) in [6.45, 7) is 12.4. The lowest BCUT2D eigenvalue weighted by Gasteiger charge is -2.35. The fourth-order valence-corrected chi connectivity index (χ4v) is 4.98. The Kier molecular flexibility index (Phi) is 8.12. The number of H-pyrrole nitrogens is 1. The second kappa shape index (κ2) is 12.1. The third kappa shape index (κ3) is 6.16. The number of pyridine rings is 1. The van der Waals surface area contributed by atoms with Gasteiger partial charge in [0.05, 0.1) is 17.1 Å². The first-order valence-corrected chi connectivity index (χ1v) is 13.6. The standard InChI is InChI=1S/C33H35N5O2/c1-4-17-38-25(3)30(13-14-31(38)28-15-16-34-32(39)22-28)35-29-11-9-27(10-12-29)33(40)37-20-18-36(19-21-37)23-26-7-5-24(2)6-8-26/h4-17,22,35H,3,18-21,23H2,1-2H3,(H,34,39)/b17-4-. The third-order valence-electron chi connectivity index (χ3n) is 7.24. The number of amides is 1. The van der Waals surface area contributed by atoms with Crippen molar-refractivity contribution >= 4 is 17.3 Å². The van der Waals surface area contributed by atoms with Gasteiger partial charge in [-0.2, -0.15) is 0 Å². The third-order valence-corrected chi connectivity index (χ3v) is 7.24. The molecular formula is C33H35N5O2. The van der Waals surface area contributed by atoms with E-state index in [1.807, 2.05) is 71.5 Å². The smallest absolute Gasteiger partial charge is 0.253 e. The van der Waals surface area contributed by atoms with Gasteiger partial charge >= 0.3 is 0 Å². The maximum absolute atomic E-state index is 13.2. The van der Waals surface area contributed by atoms with Crippen molar-refractivity contribution in [2.45, 2.75) is 20.4 Å². The molecule has 2 aromatic carbocycles. The van der Waals surface area contributed by atoms with Crippen molar-refractivity contribution in [2.24, 2.45) is 0 Å². The lowest BCUT2D eigenvalue weighted by Crippen LogP contribution is -2.48. The van der Waals surface area contributed by atoms with Crippen molar-refractivity contribution in [3.05, 3.63) is 142 Å². The van der Waals surface area contributed by atoms with Gasteiger partial charge in [0.2, 0.25) is 5.56 Å². The first kappa shape index (κ1) is 27.0.